The van der Waals surface area contributed by atoms with Gasteiger partial charge in [-0.3, -0.25) is 14.9 Å². The molecule has 0 unspecified atom stereocenters. The Bertz CT molecular complexity index is 846. The van der Waals surface area contributed by atoms with Gasteiger partial charge in [0.1, 0.15) is 6.04 Å². The Labute approximate surface area is 174 Å². The fraction of sp³-hybridized carbons (Fsp3) is 0.375. The van der Waals surface area contributed by atoms with E-state index in [0.29, 0.717) is 16.6 Å². The van der Waals surface area contributed by atoms with Gasteiger partial charge in [-0.15, -0.1) is 0 Å². The van der Waals surface area contributed by atoms with E-state index >= 15 is 0 Å². The molecule has 0 heterocycles. The molecule has 8 nitrogen and oxygen atoms in total. The third kappa shape index (κ3) is 6.64. The number of nitrogens with one attached hydrogen (secondary N) is 1. The van der Waals surface area contributed by atoms with Gasteiger partial charge in [0.25, 0.3) is 5.91 Å². The molecule has 0 aromatic heterocycles. The fourth-order valence-corrected chi connectivity index (χ4v) is 2.29. The summed E-state index contributed by atoms with van der Waals surface area (Å²) in [5, 5.41) is 13.2. The Morgan fingerprint density at radius 2 is 1.90 bits per heavy atom. The van der Waals surface area contributed by atoms with E-state index in [1.165, 1.54) is 0 Å². The fourth-order valence-electron chi connectivity index (χ4n) is 1.97. The Hall–Kier alpha value is -2.77. The molecule has 0 aliphatic rings. The summed E-state index contributed by atoms with van der Waals surface area (Å²) in [5.41, 5.74) is -1.34. The molecule has 1 rings (SSSR count). The van der Waals surface area contributed by atoms with Gasteiger partial charge < -0.3 is 14.8 Å². The molecule has 0 bridgehead atoms. The number of hydrogen-bond donors (Lipinski definition) is 1. The molecular weight excluding hydrogens is 491 g/mol. The molecule has 0 aliphatic carbocycles. The Balaban J connectivity index is 3.16. The van der Waals surface area contributed by atoms with E-state index in [4.69, 9.17) is 0 Å². The number of rotatable bonds is 9. The quantitative estimate of drug-likeness (QED) is 0.237. The second-order valence-electron chi connectivity index (χ2n) is 5.70. The zero-order chi connectivity index (χ0) is 23.3. The molecule has 1 aromatic rings. The molecule has 1 N–H and O–H groups in total. The van der Waals surface area contributed by atoms with E-state index in [9.17, 15) is 41.7 Å². The van der Waals surface area contributed by atoms with Gasteiger partial charge in [-0.1, -0.05) is 22.5 Å². The van der Waals surface area contributed by atoms with E-state index in [-0.39, 0.29) is 6.42 Å². The smallest absolute Gasteiger partial charge is 0.456 e. The minimum absolute atomic E-state index is 0.0907. The van der Waals surface area contributed by atoms with E-state index in [1.807, 2.05) is 0 Å². The molecule has 0 fully saturated rings. The number of halogens is 6. The molecule has 1 atom stereocenters. The van der Waals surface area contributed by atoms with Gasteiger partial charge in [0.15, 0.2) is 12.4 Å². The third-order valence-electron chi connectivity index (χ3n) is 3.46. The summed E-state index contributed by atoms with van der Waals surface area (Å²) in [5.74, 6) is -8.13. The molecule has 0 radical (unpaired) electrons. The van der Waals surface area contributed by atoms with Crippen LogP contribution >= 0.6 is 15.9 Å². The van der Waals surface area contributed by atoms with Crippen molar-refractivity contribution in [1.29, 1.82) is 0 Å². The van der Waals surface area contributed by atoms with Crippen molar-refractivity contribution in [3.63, 3.8) is 0 Å². The van der Waals surface area contributed by atoms with E-state index in [2.05, 4.69) is 37.3 Å². The first-order valence-electron chi connectivity index (χ1n) is 7.77. The molecule has 166 valence electrons. The highest BCUT2D eigenvalue weighted by Gasteiger charge is 2.58. The van der Waals surface area contributed by atoms with Crippen LogP contribution in [0.25, 0.3) is 0 Å². The number of ether oxygens (including phenoxy) is 2. The number of methoxy groups -OCH3 is 1. The third-order valence-corrected chi connectivity index (χ3v) is 3.78. The van der Waals surface area contributed by atoms with Crippen molar-refractivity contribution in [3.8, 4) is 5.75 Å². The lowest BCUT2D eigenvalue weighted by Crippen LogP contribution is -2.42. The second-order valence-corrected chi connectivity index (χ2v) is 6.82. The Morgan fingerprint density at radius 3 is 2.37 bits per heavy atom. The summed E-state index contributed by atoms with van der Waals surface area (Å²) in [4.78, 5) is 34.0. The van der Waals surface area contributed by atoms with Gasteiger partial charge in [-0.25, -0.2) is 4.79 Å². The van der Waals surface area contributed by atoms with Crippen molar-refractivity contribution >= 4 is 33.5 Å². The van der Waals surface area contributed by atoms with Crippen LogP contribution in [-0.2, 0) is 9.53 Å². The number of nitro benzene ring substituents is 1. The highest BCUT2D eigenvalue weighted by atomic mass is 79.9. The predicted molar refractivity (Wildman–Crippen MR) is 95.5 cm³/mol. The summed E-state index contributed by atoms with van der Waals surface area (Å²) < 4.78 is 72.1. The summed E-state index contributed by atoms with van der Waals surface area (Å²) >= 11 is 3.00. The first kappa shape index (κ1) is 25.3. The van der Waals surface area contributed by atoms with Crippen LogP contribution in [0.2, 0.25) is 0 Å². The molecule has 0 aliphatic heterocycles. The molecule has 0 saturated heterocycles. The number of alkyl halides is 5. The zero-order valence-electron chi connectivity index (χ0n) is 15.1. The second kappa shape index (κ2) is 9.82. The maximum atomic E-state index is 13.1. The molecule has 30 heavy (non-hydrogen) atoms. The number of amides is 1. The van der Waals surface area contributed by atoms with E-state index in [1.54, 1.807) is 0 Å². The van der Waals surface area contributed by atoms with E-state index < -0.39 is 58.5 Å². The van der Waals surface area contributed by atoms with Crippen LogP contribution in [0.3, 0.4) is 0 Å². The maximum Gasteiger partial charge on any atom is 0.456 e. The van der Waals surface area contributed by atoms with Gasteiger partial charge >= 0.3 is 23.8 Å². The number of hydrogen-bond acceptors (Lipinski definition) is 6. The molecule has 0 saturated carbocycles. The topological polar surface area (TPSA) is 108 Å². The van der Waals surface area contributed by atoms with Crippen molar-refractivity contribution in [1.82, 2.24) is 5.32 Å². The molecule has 1 amide bonds. The van der Waals surface area contributed by atoms with Crippen molar-refractivity contribution in [2.75, 3.05) is 13.7 Å². The maximum absolute atomic E-state index is 13.1. The highest BCUT2D eigenvalue weighted by Crippen LogP contribution is 2.37. The minimum Gasteiger partial charge on any atom is -0.480 e. The highest BCUT2D eigenvalue weighted by molar-refractivity contribution is 9.11. The van der Waals surface area contributed by atoms with Crippen LogP contribution in [-0.4, -0.2) is 48.7 Å². The molecule has 1 aromatic carbocycles. The van der Waals surface area contributed by atoms with Gasteiger partial charge in [0.2, 0.25) is 0 Å². The lowest BCUT2D eigenvalue weighted by atomic mass is 10.1. The average Bonchev–Trinajstić information content (AvgIpc) is 2.63. The van der Waals surface area contributed by atoms with Crippen LogP contribution in [0.1, 0.15) is 16.8 Å². The van der Waals surface area contributed by atoms with Crippen LogP contribution in [0, 0.1) is 10.1 Å². The van der Waals surface area contributed by atoms with Crippen molar-refractivity contribution in [3.05, 3.63) is 44.9 Å². The molecule has 0 spiro atoms. The summed E-state index contributed by atoms with van der Waals surface area (Å²) in [6.45, 7) is 1.26. The first-order valence-corrected chi connectivity index (χ1v) is 8.56. The normalized spacial score (nSPS) is 12.6. The Morgan fingerprint density at radius 1 is 1.30 bits per heavy atom. The van der Waals surface area contributed by atoms with Gasteiger partial charge in [0.05, 0.1) is 12.0 Å². The largest absolute Gasteiger partial charge is 0.480 e. The monoisotopic (exact) mass is 504 g/mol. The molecular formula is C16H14BrF5N2O6. The summed E-state index contributed by atoms with van der Waals surface area (Å²) in [7, 11) is 1.05. The van der Waals surface area contributed by atoms with Crippen LogP contribution in [0.4, 0.5) is 27.6 Å². The Kier molecular flexibility index (Phi) is 8.27. The van der Waals surface area contributed by atoms with Crippen molar-refractivity contribution in [2.45, 2.75) is 24.6 Å². The van der Waals surface area contributed by atoms with E-state index in [0.717, 1.165) is 13.2 Å². The van der Waals surface area contributed by atoms with Crippen molar-refractivity contribution < 1.29 is 45.9 Å². The molecule has 14 heteroatoms. The summed E-state index contributed by atoms with van der Waals surface area (Å²) in [6.07, 6.45) is -6.03. The van der Waals surface area contributed by atoms with Crippen LogP contribution in [0.5, 0.6) is 5.75 Å². The zero-order valence-corrected chi connectivity index (χ0v) is 16.7. The van der Waals surface area contributed by atoms with Crippen LogP contribution in [0.15, 0.2) is 29.3 Å². The lowest BCUT2D eigenvalue weighted by Gasteiger charge is -2.20. The SMILES string of the molecule is C=C(Br)C[C@H](NC(=O)c1ccc([N+](=O)[O-])c(OCC(F)(F)C(F)(F)F)c1)C(=O)OC. The average molecular weight is 505 g/mol. The number of carbonyl (C=O) groups is 2. The number of benzene rings is 1. The summed E-state index contributed by atoms with van der Waals surface area (Å²) in [6, 6.07) is 0.979. The van der Waals surface area contributed by atoms with Crippen LogP contribution < -0.4 is 10.1 Å². The minimum atomic E-state index is -5.94. The standard InChI is InChI=1S/C16H14BrF5N2O6/c1-8(17)5-10(14(26)29-2)23-13(25)9-3-4-11(24(27)28)12(6-9)30-7-15(18,19)16(20,21)22/h3-4,6,10H,1,5,7H2,2H3,(H,23,25)/t10-/m0/s1. The first-order chi connectivity index (χ1) is 13.7. The number of nitro groups is 1. The lowest BCUT2D eigenvalue weighted by molar-refractivity contribution is -0.386. The van der Waals surface area contributed by atoms with Gasteiger partial charge in [-0.05, 0) is 10.5 Å². The number of carbonyl (C=O) groups excluding carboxylic acids is 2. The van der Waals surface area contributed by atoms with Gasteiger partial charge in [0, 0.05) is 24.1 Å². The predicted octanol–water partition coefficient (Wildman–Crippen LogP) is 3.74. The van der Waals surface area contributed by atoms with Crippen molar-refractivity contribution in [2.24, 2.45) is 0 Å². The number of esters is 1. The number of nitrogens with zero attached hydrogens (tertiary/aromatic N) is 1. The van der Waals surface area contributed by atoms with Gasteiger partial charge in [-0.2, -0.15) is 22.0 Å².